The van der Waals surface area contributed by atoms with Crippen molar-refractivity contribution in [2.24, 2.45) is 0 Å². The lowest BCUT2D eigenvalue weighted by Gasteiger charge is -2.14. The fraction of sp³-hybridized carbons (Fsp3) is 0.545. The lowest BCUT2D eigenvalue weighted by molar-refractivity contribution is -0.121. The van der Waals surface area contributed by atoms with Gasteiger partial charge in [-0.15, -0.1) is 0 Å². The van der Waals surface area contributed by atoms with E-state index in [1.165, 1.54) is 0 Å². The maximum atomic E-state index is 11.7. The molecule has 1 heterocycles. The molecule has 1 saturated carbocycles. The maximum Gasteiger partial charge on any atom is 0.242 e. The lowest BCUT2D eigenvalue weighted by atomic mass is 10.3. The first-order valence-corrected chi connectivity index (χ1v) is 5.52. The van der Waals surface area contributed by atoms with E-state index >= 15 is 0 Å². The number of nitrogens with zero attached hydrogens (tertiary/aromatic N) is 2. The van der Waals surface area contributed by atoms with Gasteiger partial charge in [-0.05, 0) is 32.8 Å². The van der Waals surface area contributed by atoms with Crippen LogP contribution in [0.3, 0.4) is 0 Å². The average Bonchev–Trinajstić information content (AvgIpc) is 3.01. The molecule has 5 nitrogen and oxygen atoms in total. The minimum Gasteiger partial charge on any atom is -0.359 e. The third-order valence-electron chi connectivity index (χ3n) is 2.46. The van der Waals surface area contributed by atoms with Gasteiger partial charge in [0.25, 0.3) is 0 Å². The van der Waals surface area contributed by atoms with Gasteiger partial charge in [-0.3, -0.25) is 4.79 Å². The van der Waals surface area contributed by atoms with E-state index < -0.39 is 0 Å². The Labute approximate surface area is 94.7 Å². The molecule has 16 heavy (non-hydrogen) atoms. The zero-order valence-electron chi connectivity index (χ0n) is 9.53. The zero-order chi connectivity index (χ0) is 11.5. The SMILES string of the molecule is Cc1nccc(NC(C)C(=O)NC2CC2)n1. The van der Waals surface area contributed by atoms with Gasteiger partial charge in [-0.1, -0.05) is 0 Å². The Balaban J connectivity index is 1.90. The van der Waals surface area contributed by atoms with Crippen LogP contribution in [0.5, 0.6) is 0 Å². The van der Waals surface area contributed by atoms with E-state index in [1.807, 2.05) is 13.8 Å². The van der Waals surface area contributed by atoms with E-state index in [0.717, 1.165) is 12.8 Å². The molecule has 0 radical (unpaired) electrons. The average molecular weight is 220 g/mol. The number of aromatic nitrogens is 2. The van der Waals surface area contributed by atoms with Crippen LogP contribution in [0.15, 0.2) is 12.3 Å². The van der Waals surface area contributed by atoms with Crippen LogP contribution in [0.4, 0.5) is 5.82 Å². The molecule has 5 heteroatoms. The van der Waals surface area contributed by atoms with Gasteiger partial charge in [0.1, 0.15) is 17.7 Å². The number of hydrogen-bond acceptors (Lipinski definition) is 4. The smallest absolute Gasteiger partial charge is 0.242 e. The molecule has 1 aliphatic rings. The Morgan fingerprint density at radius 1 is 1.56 bits per heavy atom. The second-order valence-corrected chi connectivity index (χ2v) is 4.14. The first kappa shape index (κ1) is 10.9. The highest BCUT2D eigenvalue weighted by molar-refractivity contribution is 5.84. The summed E-state index contributed by atoms with van der Waals surface area (Å²) in [5.74, 6) is 1.41. The second-order valence-electron chi connectivity index (χ2n) is 4.14. The fourth-order valence-corrected chi connectivity index (χ4v) is 1.38. The number of aryl methyl sites for hydroxylation is 1. The van der Waals surface area contributed by atoms with Gasteiger partial charge in [-0.25, -0.2) is 9.97 Å². The van der Waals surface area contributed by atoms with Crippen LogP contribution in [0.25, 0.3) is 0 Å². The molecular weight excluding hydrogens is 204 g/mol. The van der Waals surface area contributed by atoms with Crippen LogP contribution in [0.2, 0.25) is 0 Å². The van der Waals surface area contributed by atoms with Crippen molar-refractivity contribution in [1.29, 1.82) is 0 Å². The topological polar surface area (TPSA) is 66.9 Å². The first-order chi connectivity index (χ1) is 7.65. The number of anilines is 1. The normalized spacial score (nSPS) is 16.6. The predicted octanol–water partition coefficient (Wildman–Crippen LogP) is 0.864. The Morgan fingerprint density at radius 3 is 2.94 bits per heavy atom. The zero-order valence-corrected chi connectivity index (χ0v) is 9.53. The van der Waals surface area contributed by atoms with Crippen molar-refractivity contribution in [3.63, 3.8) is 0 Å². The minimum atomic E-state index is -0.269. The fourth-order valence-electron chi connectivity index (χ4n) is 1.38. The van der Waals surface area contributed by atoms with Crippen LogP contribution in [-0.4, -0.2) is 28.0 Å². The van der Waals surface area contributed by atoms with E-state index in [4.69, 9.17) is 0 Å². The second kappa shape index (κ2) is 4.47. The summed E-state index contributed by atoms with van der Waals surface area (Å²) in [5.41, 5.74) is 0. The van der Waals surface area contributed by atoms with Crippen molar-refractivity contribution < 1.29 is 4.79 Å². The van der Waals surface area contributed by atoms with Crippen molar-refractivity contribution in [2.45, 2.75) is 38.8 Å². The summed E-state index contributed by atoms with van der Waals surface area (Å²) in [7, 11) is 0. The van der Waals surface area contributed by atoms with Crippen LogP contribution in [-0.2, 0) is 4.79 Å². The number of rotatable bonds is 4. The third-order valence-corrected chi connectivity index (χ3v) is 2.46. The molecule has 2 N–H and O–H groups in total. The van der Waals surface area contributed by atoms with Gasteiger partial charge in [0, 0.05) is 12.2 Å². The number of carbonyl (C=O) groups is 1. The molecule has 1 aromatic heterocycles. The number of nitrogens with one attached hydrogen (secondary N) is 2. The molecule has 86 valence electrons. The largest absolute Gasteiger partial charge is 0.359 e. The highest BCUT2D eigenvalue weighted by Crippen LogP contribution is 2.18. The van der Waals surface area contributed by atoms with Crippen molar-refractivity contribution in [3.8, 4) is 0 Å². The minimum absolute atomic E-state index is 0.0266. The van der Waals surface area contributed by atoms with Gasteiger partial charge in [0.2, 0.25) is 5.91 Å². The highest BCUT2D eigenvalue weighted by atomic mass is 16.2. The quantitative estimate of drug-likeness (QED) is 0.790. The van der Waals surface area contributed by atoms with Crippen LogP contribution < -0.4 is 10.6 Å². The van der Waals surface area contributed by atoms with Gasteiger partial charge >= 0.3 is 0 Å². The number of hydrogen-bond donors (Lipinski definition) is 2. The van der Waals surface area contributed by atoms with Gasteiger partial charge in [-0.2, -0.15) is 0 Å². The Kier molecular flexibility index (Phi) is 3.03. The number of carbonyl (C=O) groups excluding carboxylic acids is 1. The Hall–Kier alpha value is -1.65. The summed E-state index contributed by atoms with van der Waals surface area (Å²) in [6.07, 6.45) is 3.88. The Morgan fingerprint density at radius 2 is 2.31 bits per heavy atom. The number of amides is 1. The third kappa shape index (κ3) is 2.92. The van der Waals surface area contributed by atoms with Gasteiger partial charge in [0.15, 0.2) is 0 Å². The van der Waals surface area contributed by atoms with Crippen molar-refractivity contribution in [1.82, 2.24) is 15.3 Å². The molecule has 0 saturated heterocycles. The van der Waals surface area contributed by atoms with Crippen molar-refractivity contribution in [3.05, 3.63) is 18.1 Å². The molecule has 0 spiro atoms. The summed E-state index contributed by atoms with van der Waals surface area (Å²) in [6.45, 7) is 3.65. The van der Waals surface area contributed by atoms with E-state index in [9.17, 15) is 4.79 Å². The molecule has 1 aromatic rings. The summed E-state index contributed by atoms with van der Waals surface area (Å²) in [5, 5.41) is 6.00. The lowest BCUT2D eigenvalue weighted by Crippen LogP contribution is -2.38. The van der Waals surface area contributed by atoms with Crippen LogP contribution in [0.1, 0.15) is 25.6 Å². The van der Waals surface area contributed by atoms with Crippen molar-refractivity contribution >= 4 is 11.7 Å². The molecule has 2 rings (SSSR count). The molecule has 1 atom stereocenters. The molecule has 0 aromatic carbocycles. The van der Waals surface area contributed by atoms with Crippen LogP contribution in [0, 0.1) is 6.92 Å². The summed E-state index contributed by atoms with van der Waals surface area (Å²) >= 11 is 0. The molecule has 0 bridgehead atoms. The molecule has 1 fully saturated rings. The maximum absolute atomic E-state index is 11.7. The summed E-state index contributed by atoms with van der Waals surface area (Å²) in [4.78, 5) is 19.9. The monoisotopic (exact) mass is 220 g/mol. The Bertz CT molecular complexity index is 389. The molecule has 0 aliphatic heterocycles. The van der Waals surface area contributed by atoms with E-state index in [1.54, 1.807) is 12.3 Å². The molecular formula is C11H16N4O. The van der Waals surface area contributed by atoms with E-state index in [0.29, 0.717) is 17.7 Å². The summed E-state index contributed by atoms with van der Waals surface area (Å²) < 4.78 is 0. The van der Waals surface area contributed by atoms with E-state index in [-0.39, 0.29) is 11.9 Å². The first-order valence-electron chi connectivity index (χ1n) is 5.52. The van der Waals surface area contributed by atoms with E-state index in [2.05, 4.69) is 20.6 Å². The molecule has 1 aliphatic carbocycles. The van der Waals surface area contributed by atoms with Crippen molar-refractivity contribution in [2.75, 3.05) is 5.32 Å². The summed E-state index contributed by atoms with van der Waals surface area (Å²) in [6, 6.07) is 1.88. The van der Waals surface area contributed by atoms with Gasteiger partial charge in [0.05, 0.1) is 0 Å². The van der Waals surface area contributed by atoms with Gasteiger partial charge < -0.3 is 10.6 Å². The molecule has 1 unspecified atom stereocenters. The standard InChI is InChI=1S/C11H16N4O/c1-7(11(16)15-9-3-4-9)13-10-5-6-12-8(2)14-10/h5-7,9H,3-4H2,1-2H3,(H,15,16)(H,12,13,14). The highest BCUT2D eigenvalue weighted by Gasteiger charge is 2.25. The predicted molar refractivity (Wildman–Crippen MR) is 61.0 cm³/mol. The van der Waals surface area contributed by atoms with Crippen LogP contribution >= 0.6 is 0 Å². The molecule has 1 amide bonds.